The third-order valence-corrected chi connectivity index (χ3v) is 9.56. The summed E-state index contributed by atoms with van der Waals surface area (Å²) in [5.74, 6) is 1.07. The molecule has 0 fully saturated rings. The zero-order valence-corrected chi connectivity index (χ0v) is 23.6. The Kier molecular flexibility index (Phi) is 23.2. The van der Waals surface area contributed by atoms with Crippen molar-refractivity contribution in [1.82, 2.24) is 0 Å². The molecule has 28 heavy (non-hydrogen) atoms. The summed E-state index contributed by atoms with van der Waals surface area (Å²) in [6.07, 6.45) is 22.3. The smallest absolute Gasteiger partial charge is 0.117 e. The van der Waals surface area contributed by atoms with Gasteiger partial charge in [-0.3, -0.25) is 0 Å². The second-order valence-electron chi connectivity index (χ2n) is 7.31. The largest absolute Gasteiger partial charge is 0.126 e. The predicted molar refractivity (Wildman–Crippen MR) is 141 cm³/mol. The van der Waals surface area contributed by atoms with Gasteiger partial charge in [-0.25, -0.2) is 0 Å². The number of rotatable bonds is 19. The maximum Gasteiger partial charge on any atom is 0.126 e. The molecule has 0 aliphatic rings. The van der Waals surface area contributed by atoms with Gasteiger partial charge in [-0.2, -0.15) is 0 Å². The monoisotopic (exact) mass is 596 g/mol. The fourth-order valence-corrected chi connectivity index (χ4v) is 5.71. The van der Waals surface area contributed by atoms with Gasteiger partial charge in [-0.15, -0.1) is 11.8 Å². The zero-order chi connectivity index (χ0) is 21.0. The average Bonchev–Trinajstić information content (AvgIpc) is 2.68. The van der Waals surface area contributed by atoms with Crippen LogP contribution in [-0.4, -0.2) is 5.75 Å². The number of thioether (sulfide) groups is 1. The molecule has 0 spiro atoms. The molecule has 0 saturated carbocycles. The Morgan fingerprint density at radius 2 is 0.964 bits per heavy atom. The van der Waals surface area contributed by atoms with Crippen LogP contribution in [0.15, 0.2) is 17.8 Å². The predicted octanol–water partition coefficient (Wildman–Crippen LogP) is 11.8. The molecule has 0 N–H and O–H groups in total. The molecule has 0 aliphatic heterocycles. The van der Waals surface area contributed by atoms with Crippen LogP contribution in [0.1, 0.15) is 110 Å². The van der Waals surface area contributed by atoms with Crippen molar-refractivity contribution in [2.24, 2.45) is 0 Å². The highest BCUT2D eigenvalue weighted by atomic mass is 79.9. The Labute approximate surface area is 210 Å². The van der Waals surface area contributed by atoms with Crippen LogP contribution in [0.25, 0.3) is 0 Å². The van der Waals surface area contributed by atoms with Crippen molar-refractivity contribution in [1.29, 1.82) is 0 Å². The lowest BCUT2D eigenvalue weighted by Gasteiger charge is -2.05. The number of hydrogen-bond acceptors (Lipinski definition) is 1. The quantitative estimate of drug-likeness (QED) is 0.105. The highest BCUT2D eigenvalue weighted by Gasteiger charge is 2.09. The van der Waals surface area contributed by atoms with Crippen LogP contribution >= 0.6 is 78.4 Å². The van der Waals surface area contributed by atoms with E-state index in [1.54, 1.807) is 11.8 Å². The van der Waals surface area contributed by atoms with Crippen molar-refractivity contribution in [3.8, 4) is 0 Å². The molecule has 0 amide bonds. The standard InChI is InChI=1S/C22H37Br2Cl3S/c1-2-3-4-5-6-7-8-9-10-11-12-13-14-15-16-17-18-28-21(24)19(23)20(25)22(26)27/h2-18H2,1H3/b21-19-. The lowest BCUT2D eigenvalue weighted by Crippen LogP contribution is -1.85. The van der Waals surface area contributed by atoms with Gasteiger partial charge >= 0.3 is 0 Å². The average molecular weight is 600 g/mol. The molecule has 6 heteroatoms. The Morgan fingerprint density at radius 1 is 0.607 bits per heavy atom. The van der Waals surface area contributed by atoms with E-state index in [4.69, 9.17) is 34.8 Å². The second-order valence-corrected chi connectivity index (χ2v) is 11.9. The third-order valence-electron chi connectivity index (χ3n) is 4.76. The van der Waals surface area contributed by atoms with Gasteiger partial charge in [0.1, 0.15) is 4.49 Å². The van der Waals surface area contributed by atoms with Crippen LogP contribution in [0.5, 0.6) is 0 Å². The van der Waals surface area contributed by atoms with Gasteiger partial charge in [-0.1, -0.05) is 138 Å². The molecule has 0 aromatic rings. The summed E-state index contributed by atoms with van der Waals surface area (Å²) in [4.78, 5) is 0. The fourth-order valence-electron chi connectivity index (χ4n) is 3.04. The summed E-state index contributed by atoms with van der Waals surface area (Å²) in [7, 11) is 0. The van der Waals surface area contributed by atoms with E-state index >= 15 is 0 Å². The van der Waals surface area contributed by atoms with Gasteiger partial charge in [0.2, 0.25) is 0 Å². The van der Waals surface area contributed by atoms with Crippen molar-refractivity contribution >= 4 is 78.4 Å². The maximum atomic E-state index is 6.01. The van der Waals surface area contributed by atoms with Gasteiger partial charge in [0.05, 0.1) is 13.3 Å². The second kappa shape index (κ2) is 21.9. The highest BCUT2D eigenvalue weighted by Crippen LogP contribution is 2.38. The lowest BCUT2D eigenvalue weighted by molar-refractivity contribution is 0.532. The normalized spacial score (nSPS) is 12.2. The fraction of sp³-hybridized carbons (Fsp3) is 0.818. The minimum absolute atomic E-state index is 0.0773. The van der Waals surface area contributed by atoms with Crippen molar-refractivity contribution < 1.29 is 0 Å². The van der Waals surface area contributed by atoms with Crippen LogP contribution in [0.4, 0.5) is 0 Å². The molecule has 0 atom stereocenters. The van der Waals surface area contributed by atoms with Gasteiger partial charge < -0.3 is 0 Å². The van der Waals surface area contributed by atoms with Crippen LogP contribution < -0.4 is 0 Å². The summed E-state index contributed by atoms with van der Waals surface area (Å²) >= 11 is 26.1. The van der Waals surface area contributed by atoms with Crippen molar-refractivity contribution in [3.05, 3.63) is 17.8 Å². The molecule has 0 heterocycles. The van der Waals surface area contributed by atoms with E-state index in [1.807, 2.05) is 0 Å². The number of hydrogen-bond donors (Lipinski definition) is 0. The Balaban J connectivity index is 3.36. The van der Waals surface area contributed by atoms with Crippen LogP contribution in [-0.2, 0) is 0 Å². The summed E-state index contributed by atoms with van der Waals surface area (Å²) in [5.41, 5.74) is 0. The number of unbranched alkanes of at least 4 members (excludes halogenated alkanes) is 15. The third kappa shape index (κ3) is 18.4. The lowest BCUT2D eigenvalue weighted by atomic mass is 10.0. The Morgan fingerprint density at radius 3 is 1.32 bits per heavy atom. The van der Waals surface area contributed by atoms with Gasteiger partial charge in [-0.05, 0) is 44.0 Å². The number of allylic oxidation sites excluding steroid dienone is 2. The first-order chi connectivity index (χ1) is 13.5. The Bertz CT molecular complexity index is 435. The minimum Gasteiger partial charge on any atom is -0.117 e. The van der Waals surface area contributed by atoms with Crippen LogP contribution in [0.2, 0.25) is 0 Å². The molecular formula is C22H37Br2Cl3S. The van der Waals surface area contributed by atoms with E-state index in [2.05, 4.69) is 38.8 Å². The highest BCUT2D eigenvalue weighted by molar-refractivity contribution is 9.15. The van der Waals surface area contributed by atoms with Crippen molar-refractivity contribution in [2.45, 2.75) is 110 Å². The van der Waals surface area contributed by atoms with Gasteiger partial charge in [0, 0.05) is 0 Å². The molecule has 0 bridgehead atoms. The summed E-state index contributed by atoms with van der Waals surface area (Å²) < 4.78 is 1.74. The topological polar surface area (TPSA) is 0 Å². The molecule has 0 radical (unpaired) electrons. The first kappa shape index (κ1) is 29.7. The van der Waals surface area contributed by atoms with Crippen molar-refractivity contribution in [2.75, 3.05) is 5.75 Å². The van der Waals surface area contributed by atoms with E-state index in [-0.39, 0.29) is 4.49 Å². The molecule has 166 valence electrons. The molecule has 0 unspecified atom stereocenters. The SMILES string of the molecule is CCCCCCCCCCCCCCCCCCS/C(Br)=C(\Br)C(Cl)=C(Cl)Cl. The molecular weight excluding hydrogens is 562 g/mol. The van der Waals surface area contributed by atoms with Crippen molar-refractivity contribution in [3.63, 3.8) is 0 Å². The molecule has 0 aromatic carbocycles. The molecule has 0 aliphatic carbocycles. The Hall–Kier alpha value is 1.66. The van der Waals surface area contributed by atoms with Gasteiger partial charge in [0.15, 0.2) is 0 Å². The number of halogens is 5. The van der Waals surface area contributed by atoms with Crippen LogP contribution in [0.3, 0.4) is 0 Å². The van der Waals surface area contributed by atoms with E-state index in [0.717, 1.165) is 14.0 Å². The van der Waals surface area contributed by atoms with E-state index in [1.165, 1.54) is 103 Å². The van der Waals surface area contributed by atoms with Gasteiger partial charge in [0.25, 0.3) is 0 Å². The summed E-state index contributed by atoms with van der Waals surface area (Å²) in [6, 6.07) is 0. The summed E-state index contributed by atoms with van der Waals surface area (Å²) in [6.45, 7) is 2.28. The molecule has 0 saturated heterocycles. The maximum absolute atomic E-state index is 6.01. The molecule has 0 rings (SSSR count). The van der Waals surface area contributed by atoms with E-state index in [0.29, 0.717) is 5.03 Å². The minimum atomic E-state index is 0.0773. The van der Waals surface area contributed by atoms with Crippen LogP contribution in [0, 0.1) is 0 Å². The molecule has 0 nitrogen and oxygen atoms in total. The van der Waals surface area contributed by atoms with E-state index < -0.39 is 0 Å². The van der Waals surface area contributed by atoms with E-state index in [9.17, 15) is 0 Å². The first-order valence-corrected chi connectivity index (χ1v) is 14.6. The summed E-state index contributed by atoms with van der Waals surface area (Å²) in [5, 5.41) is 0.342. The zero-order valence-electron chi connectivity index (χ0n) is 17.3. The molecule has 0 aromatic heterocycles. The first-order valence-electron chi connectivity index (χ1n) is 10.9.